The molecule has 3 aromatic rings. The molecule has 10 heteroatoms. The van der Waals surface area contributed by atoms with Gasteiger partial charge in [-0.1, -0.05) is 11.5 Å². The Hall–Kier alpha value is -4.52. The molecule has 0 bridgehead atoms. The van der Waals surface area contributed by atoms with Crippen molar-refractivity contribution in [2.45, 2.75) is 26.2 Å². The van der Waals surface area contributed by atoms with Crippen LogP contribution in [0.2, 0.25) is 0 Å². The van der Waals surface area contributed by atoms with Gasteiger partial charge in [0.25, 0.3) is 5.91 Å². The Morgan fingerprint density at radius 1 is 1.24 bits per heavy atom. The number of carbonyl (C=O) groups excluding carboxylic acids is 1. The molecular weight excluding hydrogens is 463 g/mol. The number of hydrogen-bond donors (Lipinski definition) is 2. The van der Waals surface area contributed by atoms with E-state index in [0.29, 0.717) is 18.2 Å². The Bertz CT molecular complexity index is 1540. The number of benzene rings is 1. The molecule has 0 aliphatic carbocycles. The normalized spacial score (nSPS) is 14.2. The monoisotopic (exact) mass is 490 g/mol. The fourth-order valence-corrected chi connectivity index (χ4v) is 4.70. The van der Waals surface area contributed by atoms with Gasteiger partial charge in [0.15, 0.2) is 0 Å². The van der Waals surface area contributed by atoms with Gasteiger partial charge in [-0.25, -0.2) is 4.98 Å². The average molecular weight is 490 g/mol. The molecule has 0 saturated carbocycles. The van der Waals surface area contributed by atoms with Crippen LogP contribution in [0.1, 0.15) is 46.6 Å². The van der Waals surface area contributed by atoms with E-state index >= 15 is 0 Å². The Labute approximate surface area is 216 Å². The van der Waals surface area contributed by atoms with E-state index in [-0.39, 0.29) is 11.6 Å². The Morgan fingerprint density at radius 3 is 2.81 bits per heavy atom. The summed E-state index contributed by atoms with van der Waals surface area (Å²) >= 11 is 0. The number of aromatic nitrogens is 3. The summed E-state index contributed by atoms with van der Waals surface area (Å²) in [6.45, 7) is 7.11. The highest BCUT2D eigenvalue weighted by molar-refractivity contribution is 6.45. The number of nitriles is 1. The van der Waals surface area contributed by atoms with E-state index in [2.05, 4.69) is 49.6 Å². The minimum Gasteiger partial charge on any atom is -0.357 e. The minimum absolute atomic E-state index is 0.261. The molecule has 2 N–H and O–H groups in total. The number of rotatable bonds is 5. The van der Waals surface area contributed by atoms with Crippen LogP contribution >= 0.6 is 0 Å². The standard InChI is InChI=1S/C27H27BN8O/c1-15-5-6-19(34-25(37)20-12-17(7-8-31-20)27(2,3)14-29)22(28)21(15)18-11-16-13-33-26(30-4)35-23(16)36-10-9-32-24(18)36/h5-8,11-13H,9-10,28H2,1-4H3,(H,34,37)(H,30,33,35). The van der Waals surface area contributed by atoms with Gasteiger partial charge >= 0.3 is 0 Å². The highest BCUT2D eigenvalue weighted by Crippen LogP contribution is 2.36. The summed E-state index contributed by atoms with van der Waals surface area (Å²) in [4.78, 5) is 33.4. The third-order valence-corrected chi connectivity index (χ3v) is 6.84. The quantitative estimate of drug-likeness (QED) is 0.527. The first-order valence-corrected chi connectivity index (χ1v) is 12.1. The smallest absolute Gasteiger partial charge is 0.274 e. The van der Waals surface area contributed by atoms with Crippen molar-refractivity contribution in [2.75, 3.05) is 35.7 Å². The van der Waals surface area contributed by atoms with Crippen LogP contribution in [0.4, 0.5) is 17.5 Å². The van der Waals surface area contributed by atoms with E-state index in [1.807, 2.05) is 40.0 Å². The van der Waals surface area contributed by atoms with Crippen molar-refractivity contribution >= 4 is 54.2 Å². The molecule has 5 rings (SSSR count). The topological polar surface area (TPSA) is 119 Å². The van der Waals surface area contributed by atoms with Crippen molar-refractivity contribution in [3.8, 4) is 6.07 Å². The lowest BCUT2D eigenvalue weighted by atomic mass is 9.81. The van der Waals surface area contributed by atoms with Gasteiger partial charge in [0, 0.05) is 42.8 Å². The van der Waals surface area contributed by atoms with E-state index in [1.165, 1.54) is 0 Å². The molecule has 184 valence electrons. The number of amides is 1. The van der Waals surface area contributed by atoms with Crippen LogP contribution in [0.15, 0.2) is 41.7 Å². The maximum Gasteiger partial charge on any atom is 0.274 e. The molecule has 0 fully saturated rings. The number of hydrogen-bond acceptors (Lipinski definition) is 8. The van der Waals surface area contributed by atoms with Gasteiger partial charge in [0.05, 0.1) is 18.0 Å². The first-order valence-electron chi connectivity index (χ1n) is 12.1. The zero-order valence-corrected chi connectivity index (χ0v) is 21.5. The lowest BCUT2D eigenvalue weighted by molar-refractivity contribution is 0.102. The Morgan fingerprint density at radius 2 is 2.05 bits per heavy atom. The molecular formula is C27H27BN8O. The minimum atomic E-state index is -0.722. The molecule has 0 atom stereocenters. The maximum atomic E-state index is 13.2. The zero-order chi connectivity index (χ0) is 26.3. The van der Waals surface area contributed by atoms with Crippen LogP contribution in [-0.2, 0) is 5.41 Å². The van der Waals surface area contributed by atoms with E-state index in [9.17, 15) is 10.1 Å². The van der Waals surface area contributed by atoms with Gasteiger partial charge in [-0.05, 0) is 61.7 Å². The van der Waals surface area contributed by atoms with Gasteiger partial charge in [0.1, 0.15) is 25.2 Å². The van der Waals surface area contributed by atoms with Crippen molar-refractivity contribution < 1.29 is 4.79 Å². The van der Waals surface area contributed by atoms with Crippen LogP contribution in [-0.4, -0.2) is 54.7 Å². The highest BCUT2D eigenvalue weighted by Gasteiger charge is 2.32. The lowest BCUT2D eigenvalue weighted by Gasteiger charge is -2.29. The molecule has 2 aliphatic rings. The molecule has 2 aliphatic heterocycles. The number of aliphatic imine (C=N–C) groups is 1. The number of pyridine rings is 1. The maximum absolute atomic E-state index is 13.2. The number of nitrogens with zero attached hydrogens (tertiary/aromatic N) is 6. The molecule has 0 saturated heterocycles. The van der Waals surface area contributed by atoms with Gasteiger partial charge in [-0.15, -0.1) is 0 Å². The van der Waals surface area contributed by atoms with E-state index in [1.54, 1.807) is 25.4 Å². The Balaban J connectivity index is 1.53. The lowest BCUT2D eigenvalue weighted by Crippen LogP contribution is -2.34. The second-order valence-corrected chi connectivity index (χ2v) is 9.69. The predicted octanol–water partition coefficient (Wildman–Crippen LogP) is 2.31. The summed E-state index contributed by atoms with van der Waals surface area (Å²) in [7, 11) is 3.80. The Kier molecular flexibility index (Phi) is 6.00. The van der Waals surface area contributed by atoms with Gasteiger partial charge < -0.3 is 15.5 Å². The number of carbonyl (C=O) groups is 1. The molecule has 0 unspecified atom stereocenters. The number of amidine groups is 1. The van der Waals surface area contributed by atoms with Crippen LogP contribution in [0.5, 0.6) is 0 Å². The molecule has 2 aromatic heterocycles. The predicted molar refractivity (Wildman–Crippen MR) is 149 cm³/mol. The van der Waals surface area contributed by atoms with E-state index < -0.39 is 5.41 Å². The average Bonchev–Trinajstić information content (AvgIpc) is 3.41. The number of anilines is 3. The third-order valence-electron chi connectivity index (χ3n) is 6.84. The van der Waals surface area contributed by atoms with Crippen molar-refractivity contribution in [1.82, 2.24) is 15.0 Å². The van der Waals surface area contributed by atoms with Crippen molar-refractivity contribution in [3.63, 3.8) is 0 Å². The van der Waals surface area contributed by atoms with Crippen LogP contribution < -0.4 is 21.0 Å². The molecule has 1 aromatic carbocycles. The van der Waals surface area contributed by atoms with Crippen LogP contribution in [0, 0.1) is 18.3 Å². The number of fused-ring (bicyclic) bond motifs is 3. The summed E-state index contributed by atoms with van der Waals surface area (Å²) in [6, 6.07) is 9.61. The first-order chi connectivity index (χ1) is 17.7. The molecule has 0 spiro atoms. The number of nitrogens with one attached hydrogen (secondary N) is 2. The van der Waals surface area contributed by atoms with E-state index in [0.717, 1.165) is 51.5 Å². The van der Waals surface area contributed by atoms with Crippen LogP contribution in [0.25, 0.3) is 11.6 Å². The molecule has 4 heterocycles. The fraction of sp³-hybridized carbons (Fsp3) is 0.259. The molecule has 9 nitrogen and oxygen atoms in total. The van der Waals surface area contributed by atoms with Crippen molar-refractivity contribution in [2.24, 2.45) is 4.99 Å². The fourth-order valence-electron chi connectivity index (χ4n) is 4.70. The second-order valence-electron chi connectivity index (χ2n) is 9.69. The summed E-state index contributed by atoms with van der Waals surface area (Å²) in [5, 5.41) is 15.5. The molecule has 0 radical (unpaired) electrons. The van der Waals surface area contributed by atoms with Crippen molar-refractivity contribution in [3.05, 3.63) is 64.6 Å². The van der Waals surface area contributed by atoms with Crippen molar-refractivity contribution in [1.29, 1.82) is 5.26 Å². The summed E-state index contributed by atoms with van der Waals surface area (Å²) in [6.07, 6.45) is 5.46. The second kappa shape index (κ2) is 9.17. The third kappa shape index (κ3) is 4.23. The van der Waals surface area contributed by atoms with Gasteiger partial charge in [-0.3, -0.25) is 14.8 Å². The largest absolute Gasteiger partial charge is 0.357 e. The number of aryl methyl sites for hydroxylation is 1. The zero-order valence-electron chi connectivity index (χ0n) is 21.5. The summed E-state index contributed by atoms with van der Waals surface area (Å²) in [5.41, 5.74) is 5.89. The van der Waals surface area contributed by atoms with E-state index in [4.69, 9.17) is 4.99 Å². The van der Waals surface area contributed by atoms with Crippen LogP contribution in [0.3, 0.4) is 0 Å². The molecule has 37 heavy (non-hydrogen) atoms. The first kappa shape index (κ1) is 24.2. The summed E-state index contributed by atoms with van der Waals surface area (Å²) in [5.74, 6) is 1.94. The molecule has 1 amide bonds. The SMILES string of the molecule is Bc1c(NC(=O)c2cc(C(C)(C)C#N)ccn2)ccc(C)c1C1=Cc2cnc(NC)nc2N2CCN=C12. The summed E-state index contributed by atoms with van der Waals surface area (Å²) < 4.78 is 0. The highest BCUT2D eigenvalue weighted by atomic mass is 16.1. The van der Waals surface area contributed by atoms with Gasteiger partial charge in [-0.2, -0.15) is 10.2 Å². The van der Waals surface area contributed by atoms with Gasteiger partial charge in [0.2, 0.25) is 5.95 Å².